The lowest BCUT2D eigenvalue weighted by atomic mass is 10.1. The molecule has 0 spiro atoms. The molecule has 0 aromatic heterocycles. The fourth-order valence-electron chi connectivity index (χ4n) is 2.39. The van der Waals surface area contributed by atoms with Crippen molar-refractivity contribution in [2.24, 2.45) is 0 Å². The molecule has 3 aromatic carbocycles. The molecule has 0 aliphatic rings. The molecule has 3 aromatic rings. The van der Waals surface area contributed by atoms with Crippen molar-refractivity contribution in [1.82, 2.24) is 5.32 Å². The van der Waals surface area contributed by atoms with E-state index in [0.717, 1.165) is 5.56 Å². The van der Waals surface area contributed by atoms with Crippen LogP contribution in [0.2, 0.25) is 5.02 Å². The van der Waals surface area contributed by atoms with Gasteiger partial charge in [-0.05, 0) is 48.0 Å². The number of nitrogens with one attached hydrogen (secondary N) is 2. The number of hydrogen-bond acceptors (Lipinski definition) is 2. The summed E-state index contributed by atoms with van der Waals surface area (Å²) in [6.07, 6.45) is 1.63. The van der Waals surface area contributed by atoms with Gasteiger partial charge < -0.3 is 10.6 Å². The van der Waals surface area contributed by atoms with E-state index in [1.54, 1.807) is 42.5 Å². The number of carbonyl (C=O) groups is 2. The second-order valence-electron chi connectivity index (χ2n) is 5.75. The molecule has 0 bridgehead atoms. The zero-order valence-corrected chi connectivity index (χ0v) is 15.1. The first-order valence-corrected chi connectivity index (χ1v) is 8.70. The summed E-state index contributed by atoms with van der Waals surface area (Å²) in [5, 5.41) is 6.01. The van der Waals surface area contributed by atoms with E-state index >= 15 is 0 Å². The summed E-state index contributed by atoms with van der Waals surface area (Å²) in [5.41, 5.74) is 1.99. The van der Waals surface area contributed by atoms with Crippen molar-refractivity contribution in [2.75, 3.05) is 5.32 Å². The van der Waals surface area contributed by atoms with Crippen LogP contribution in [-0.4, -0.2) is 11.8 Å². The number of halogens is 1. The lowest BCUT2D eigenvalue weighted by Gasteiger charge is -2.11. The summed E-state index contributed by atoms with van der Waals surface area (Å²) in [6.45, 7) is 0. The first-order chi connectivity index (χ1) is 13.1. The van der Waals surface area contributed by atoms with Crippen molar-refractivity contribution in [3.05, 3.63) is 107 Å². The van der Waals surface area contributed by atoms with Crippen molar-refractivity contribution < 1.29 is 9.59 Å². The summed E-state index contributed by atoms with van der Waals surface area (Å²) < 4.78 is 0. The Morgan fingerprint density at radius 2 is 1.37 bits per heavy atom. The molecule has 0 aliphatic heterocycles. The van der Waals surface area contributed by atoms with E-state index in [1.807, 2.05) is 48.5 Å². The average Bonchev–Trinajstić information content (AvgIpc) is 2.69. The van der Waals surface area contributed by atoms with Crippen LogP contribution in [0.1, 0.15) is 15.9 Å². The van der Waals surface area contributed by atoms with Crippen LogP contribution >= 0.6 is 11.6 Å². The van der Waals surface area contributed by atoms with E-state index in [2.05, 4.69) is 10.6 Å². The van der Waals surface area contributed by atoms with Crippen LogP contribution in [0, 0.1) is 0 Å². The van der Waals surface area contributed by atoms with Gasteiger partial charge in [-0.3, -0.25) is 9.59 Å². The summed E-state index contributed by atoms with van der Waals surface area (Å²) >= 11 is 5.86. The molecule has 0 fully saturated rings. The van der Waals surface area contributed by atoms with Gasteiger partial charge in [0.25, 0.3) is 11.8 Å². The number of amides is 2. The van der Waals surface area contributed by atoms with E-state index in [-0.39, 0.29) is 5.70 Å². The highest BCUT2D eigenvalue weighted by Crippen LogP contribution is 2.13. The molecule has 134 valence electrons. The van der Waals surface area contributed by atoms with Crippen LogP contribution in [0.25, 0.3) is 6.08 Å². The molecule has 0 unspecified atom stereocenters. The molecular weight excluding hydrogens is 360 g/mol. The SMILES string of the molecule is O=C(Nc1ccccc1)C(=Cc1ccccc1)NC(=O)c1ccc(Cl)cc1. The maximum Gasteiger partial charge on any atom is 0.272 e. The standard InChI is InChI=1S/C22H17ClN2O2/c23-18-13-11-17(12-14-18)21(26)25-20(15-16-7-3-1-4-8-16)22(27)24-19-9-5-2-6-10-19/h1-15H,(H,24,27)(H,25,26). The minimum Gasteiger partial charge on any atom is -0.321 e. The van der Waals surface area contributed by atoms with E-state index in [1.165, 1.54) is 0 Å². The summed E-state index contributed by atoms with van der Waals surface area (Å²) in [5.74, 6) is -0.801. The molecule has 0 atom stereocenters. The van der Waals surface area contributed by atoms with Gasteiger partial charge in [-0.2, -0.15) is 0 Å². The number of hydrogen-bond donors (Lipinski definition) is 2. The van der Waals surface area contributed by atoms with Crippen LogP contribution in [0.3, 0.4) is 0 Å². The minimum atomic E-state index is -0.410. The van der Waals surface area contributed by atoms with Gasteiger partial charge in [0, 0.05) is 16.3 Å². The van der Waals surface area contributed by atoms with Crippen LogP contribution in [0.5, 0.6) is 0 Å². The van der Waals surface area contributed by atoms with Gasteiger partial charge in [0.15, 0.2) is 0 Å². The molecule has 5 heteroatoms. The second-order valence-corrected chi connectivity index (χ2v) is 6.19. The highest BCUT2D eigenvalue weighted by Gasteiger charge is 2.15. The summed E-state index contributed by atoms with van der Waals surface area (Å²) in [6, 6.07) is 24.8. The Morgan fingerprint density at radius 1 is 0.778 bits per heavy atom. The Balaban J connectivity index is 1.85. The number of anilines is 1. The third kappa shape index (κ3) is 5.30. The quantitative estimate of drug-likeness (QED) is 0.631. The Bertz CT molecular complexity index is 953. The third-order valence-corrected chi connectivity index (χ3v) is 3.99. The monoisotopic (exact) mass is 376 g/mol. The largest absolute Gasteiger partial charge is 0.321 e. The number of benzene rings is 3. The first kappa shape index (κ1) is 18.4. The van der Waals surface area contributed by atoms with E-state index < -0.39 is 11.8 Å². The normalized spacial score (nSPS) is 10.9. The lowest BCUT2D eigenvalue weighted by Crippen LogP contribution is -2.30. The van der Waals surface area contributed by atoms with Crippen LogP contribution in [0.15, 0.2) is 90.6 Å². The highest BCUT2D eigenvalue weighted by atomic mass is 35.5. The van der Waals surface area contributed by atoms with Crippen molar-refractivity contribution in [3.63, 3.8) is 0 Å². The number of carbonyl (C=O) groups excluding carboxylic acids is 2. The van der Waals surface area contributed by atoms with Gasteiger partial charge in [0.05, 0.1) is 0 Å². The maximum absolute atomic E-state index is 12.7. The average molecular weight is 377 g/mol. The van der Waals surface area contributed by atoms with E-state index in [0.29, 0.717) is 16.3 Å². The third-order valence-electron chi connectivity index (χ3n) is 3.74. The predicted octanol–water partition coefficient (Wildman–Crippen LogP) is 4.75. The molecule has 0 heterocycles. The molecule has 2 amide bonds. The molecule has 0 saturated heterocycles. The van der Waals surface area contributed by atoms with Crippen LogP contribution in [-0.2, 0) is 4.79 Å². The van der Waals surface area contributed by atoms with E-state index in [4.69, 9.17) is 11.6 Å². The number of rotatable bonds is 5. The van der Waals surface area contributed by atoms with Gasteiger partial charge in [0.2, 0.25) is 0 Å². The zero-order chi connectivity index (χ0) is 19.1. The van der Waals surface area contributed by atoms with Gasteiger partial charge in [-0.25, -0.2) is 0 Å². The molecule has 3 rings (SSSR count). The Hall–Kier alpha value is -3.37. The van der Waals surface area contributed by atoms with Crippen molar-refractivity contribution in [1.29, 1.82) is 0 Å². The Kier molecular flexibility index (Phi) is 6.02. The summed E-state index contributed by atoms with van der Waals surface area (Å²) in [4.78, 5) is 25.3. The zero-order valence-electron chi connectivity index (χ0n) is 14.4. The van der Waals surface area contributed by atoms with Crippen LogP contribution < -0.4 is 10.6 Å². The second kappa shape index (κ2) is 8.83. The Morgan fingerprint density at radius 3 is 2.00 bits per heavy atom. The van der Waals surface area contributed by atoms with Crippen molar-refractivity contribution >= 4 is 35.2 Å². The van der Waals surface area contributed by atoms with Crippen molar-refractivity contribution in [3.8, 4) is 0 Å². The molecule has 0 radical (unpaired) electrons. The highest BCUT2D eigenvalue weighted by molar-refractivity contribution is 6.30. The van der Waals surface area contributed by atoms with Gasteiger partial charge >= 0.3 is 0 Å². The molecule has 0 saturated carbocycles. The van der Waals surface area contributed by atoms with Gasteiger partial charge in [-0.15, -0.1) is 0 Å². The minimum absolute atomic E-state index is 0.144. The number of para-hydroxylation sites is 1. The first-order valence-electron chi connectivity index (χ1n) is 8.32. The predicted molar refractivity (Wildman–Crippen MR) is 108 cm³/mol. The molecule has 0 aliphatic carbocycles. The molecule has 27 heavy (non-hydrogen) atoms. The molecule has 2 N–H and O–H groups in total. The molecule has 4 nitrogen and oxygen atoms in total. The van der Waals surface area contributed by atoms with Crippen molar-refractivity contribution in [2.45, 2.75) is 0 Å². The van der Waals surface area contributed by atoms with E-state index in [9.17, 15) is 9.59 Å². The summed E-state index contributed by atoms with van der Waals surface area (Å²) in [7, 11) is 0. The fraction of sp³-hybridized carbons (Fsp3) is 0. The maximum atomic E-state index is 12.7. The van der Waals surface area contributed by atoms with Crippen LogP contribution in [0.4, 0.5) is 5.69 Å². The molecular formula is C22H17ClN2O2. The topological polar surface area (TPSA) is 58.2 Å². The van der Waals surface area contributed by atoms with Gasteiger partial charge in [-0.1, -0.05) is 60.1 Å². The lowest BCUT2D eigenvalue weighted by molar-refractivity contribution is -0.113. The van der Waals surface area contributed by atoms with Gasteiger partial charge in [0.1, 0.15) is 5.70 Å². The fourth-order valence-corrected chi connectivity index (χ4v) is 2.52. The Labute approximate surface area is 162 Å². The smallest absolute Gasteiger partial charge is 0.272 e.